The lowest BCUT2D eigenvalue weighted by atomic mass is 9.98. The largest absolute Gasteiger partial charge is 0.483 e. The molecule has 0 saturated carbocycles. The Hall–Kier alpha value is -1.80. The van der Waals surface area contributed by atoms with E-state index < -0.39 is 0 Å². The molecule has 1 aliphatic carbocycles. The summed E-state index contributed by atoms with van der Waals surface area (Å²) >= 11 is 0. The molecule has 0 aromatic heterocycles. The van der Waals surface area contributed by atoms with Crippen LogP contribution in [-0.4, -0.2) is 19.8 Å². The lowest BCUT2D eigenvalue weighted by Gasteiger charge is -2.25. The molecule has 0 bridgehead atoms. The van der Waals surface area contributed by atoms with Gasteiger partial charge in [0.05, 0.1) is 0 Å². The van der Waals surface area contributed by atoms with E-state index >= 15 is 0 Å². The standard InChI is InChI=1S/C15H14O2/c1-16-10-15-13-8-3-2-6-11(13)12-7-4-5-9-14(12)17-15/h2-9,14H,10H2,1H3. The van der Waals surface area contributed by atoms with Crippen LogP contribution in [0.1, 0.15) is 0 Å². The van der Waals surface area contributed by atoms with Gasteiger partial charge in [0, 0.05) is 17.9 Å². The van der Waals surface area contributed by atoms with Gasteiger partial charge in [-0.3, -0.25) is 0 Å². The van der Waals surface area contributed by atoms with Crippen molar-refractivity contribution in [1.29, 1.82) is 0 Å². The minimum atomic E-state index is 0.0278. The highest BCUT2D eigenvalue weighted by Crippen LogP contribution is 2.20. The van der Waals surface area contributed by atoms with Gasteiger partial charge in [-0.1, -0.05) is 42.5 Å². The van der Waals surface area contributed by atoms with E-state index in [-0.39, 0.29) is 6.10 Å². The molecule has 1 unspecified atom stereocenters. The first kappa shape index (κ1) is 10.4. The summed E-state index contributed by atoms with van der Waals surface area (Å²) in [6.45, 7) is 0.512. The van der Waals surface area contributed by atoms with Crippen molar-refractivity contribution in [3.05, 3.63) is 59.0 Å². The monoisotopic (exact) mass is 226 g/mol. The molecule has 1 atom stereocenters. The fourth-order valence-corrected chi connectivity index (χ4v) is 2.31. The van der Waals surface area contributed by atoms with Gasteiger partial charge in [0.1, 0.15) is 18.5 Å². The number of rotatable bonds is 2. The van der Waals surface area contributed by atoms with Crippen LogP contribution < -0.4 is 10.4 Å². The van der Waals surface area contributed by atoms with Crippen molar-refractivity contribution in [1.82, 2.24) is 0 Å². The molecule has 2 nitrogen and oxygen atoms in total. The summed E-state index contributed by atoms with van der Waals surface area (Å²) in [6.07, 6.45) is 8.29. The minimum Gasteiger partial charge on any atom is -0.483 e. The Kier molecular flexibility index (Phi) is 2.57. The minimum absolute atomic E-state index is 0.0278. The molecule has 1 heterocycles. The lowest BCUT2D eigenvalue weighted by molar-refractivity contribution is 0.170. The molecule has 0 N–H and O–H groups in total. The van der Waals surface area contributed by atoms with Gasteiger partial charge in [-0.05, 0) is 11.3 Å². The van der Waals surface area contributed by atoms with Crippen LogP contribution in [0.2, 0.25) is 0 Å². The zero-order valence-corrected chi connectivity index (χ0v) is 9.72. The summed E-state index contributed by atoms with van der Waals surface area (Å²) in [4.78, 5) is 0. The Morgan fingerprint density at radius 3 is 2.82 bits per heavy atom. The zero-order valence-electron chi connectivity index (χ0n) is 9.72. The van der Waals surface area contributed by atoms with Crippen LogP contribution in [-0.2, 0) is 9.47 Å². The van der Waals surface area contributed by atoms with Crippen molar-refractivity contribution >= 4 is 11.3 Å². The van der Waals surface area contributed by atoms with E-state index in [1.807, 2.05) is 18.2 Å². The number of benzene rings is 1. The number of hydrogen-bond donors (Lipinski definition) is 0. The lowest BCUT2D eigenvalue weighted by Crippen LogP contribution is -2.39. The average Bonchev–Trinajstić information content (AvgIpc) is 2.39. The van der Waals surface area contributed by atoms with Crippen molar-refractivity contribution in [2.45, 2.75) is 6.10 Å². The second kappa shape index (κ2) is 4.22. The molecule has 86 valence electrons. The summed E-state index contributed by atoms with van der Waals surface area (Å²) in [5.41, 5.74) is 1.22. The molecule has 0 fully saturated rings. The van der Waals surface area contributed by atoms with Crippen molar-refractivity contribution in [3.8, 4) is 0 Å². The van der Waals surface area contributed by atoms with Crippen LogP contribution in [0.5, 0.6) is 0 Å². The van der Waals surface area contributed by atoms with Crippen LogP contribution in [0, 0.1) is 0 Å². The van der Waals surface area contributed by atoms with Crippen LogP contribution in [0.3, 0.4) is 0 Å². The third-order valence-electron chi connectivity index (χ3n) is 3.06. The van der Waals surface area contributed by atoms with Gasteiger partial charge in [-0.25, -0.2) is 0 Å². The normalized spacial score (nSPS) is 20.9. The van der Waals surface area contributed by atoms with E-state index in [0.717, 1.165) is 11.0 Å². The maximum absolute atomic E-state index is 5.97. The molecule has 1 aromatic carbocycles. The zero-order chi connectivity index (χ0) is 11.7. The van der Waals surface area contributed by atoms with Gasteiger partial charge in [0.2, 0.25) is 0 Å². The molecule has 1 aliphatic heterocycles. The predicted octanol–water partition coefficient (Wildman–Crippen LogP) is 1.12. The summed E-state index contributed by atoms with van der Waals surface area (Å²) in [5, 5.41) is 2.39. The highest BCUT2D eigenvalue weighted by atomic mass is 16.5. The molecular formula is C15H14O2. The van der Waals surface area contributed by atoms with Crippen molar-refractivity contribution in [2.75, 3.05) is 13.7 Å². The second-order valence-electron chi connectivity index (χ2n) is 4.14. The smallest absolute Gasteiger partial charge is 0.143 e. The number of fused-ring (bicyclic) bond motifs is 2. The number of ether oxygens (including phenoxy) is 2. The van der Waals surface area contributed by atoms with Crippen LogP contribution in [0.25, 0.3) is 11.3 Å². The first-order valence-electron chi connectivity index (χ1n) is 5.73. The molecule has 1 aromatic rings. The van der Waals surface area contributed by atoms with Gasteiger partial charge in [-0.2, -0.15) is 0 Å². The van der Waals surface area contributed by atoms with E-state index in [0.29, 0.717) is 6.61 Å². The van der Waals surface area contributed by atoms with Crippen LogP contribution in [0.4, 0.5) is 0 Å². The van der Waals surface area contributed by atoms with Crippen molar-refractivity contribution in [2.24, 2.45) is 0 Å². The van der Waals surface area contributed by atoms with Gasteiger partial charge in [0.25, 0.3) is 0 Å². The Balaban J connectivity index is 2.32. The van der Waals surface area contributed by atoms with Crippen LogP contribution >= 0.6 is 0 Å². The highest BCUT2D eigenvalue weighted by molar-refractivity contribution is 5.69. The molecule has 2 heteroatoms. The van der Waals surface area contributed by atoms with Crippen molar-refractivity contribution < 1.29 is 9.47 Å². The quantitative estimate of drug-likeness (QED) is 0.752. The summed E-state index contributed by atoms with van der Waals surface area (Å²) in [6, 6.07) is 8.31. The molecule has 17 heavy (non-hydrogen) atoms. The number of allylic oxidation sites excluding steroid dienone is 2. The Morgan fingerprint density at radius 1 is 1.18 bits per heavy atom. The van der Waals surface area contributed by atoms with E-state index in [1.165, 1.54) is 10.8 Å². The van der Waals surface area contributed by atoms with Gasteiger partial charge >= 0.3 is 0 Å². The fraction of sp³-hybridized carbons (Fsp3) is 0.200. The molecule has 2 aliphatic rings. The fourth-order valence-electron chi connectivity index (χ4n) is 2.31. The van der Waals surface area contributed by atoms with Gasteiger partial charge in [0.15, 0.2) is 0 Å². The Bertz CT molecular complexity index is 608. The van der Waals surface area contributed by atoms with E-state index in [9.17, 15) is 0 Å². The SMILES string of the molecule is COCC1=c2ccccc2=C2C=CC=CC2O1. The molecule has 0 amide bonds. The Morgan fingerprint density at radius 2 is 2.00 bits per heavy atom. The van der Waals surface area contributed by atoms with Gasteiger partial charge < -0.3 is 9.47 Å². The van der Waals surface area contributed by atoms with E-state index in [4.69, 9.17) is 9.47 Å². The molecule has 0 spiro atoms. The third-order valence-corrected chi connectivity index (χ3v) is 3.06. The predicted molar refractivity (Wildman–Crippen MR) is 67.5 cm³/mol. The molecule has 0 radical (unpaired) electrons. The van der Waals surface area contributed by atoms with Crippen molar-refractivity contribution in [3.63, 3.8) is 0 Å². The summed E-state index contributed by atoms with van der Waals surface area (Å²) < 4.78 is 11.2. The second-order valence-corrected chi connectivity index (χ2v) is 4.14. The van der Waals surface area contributed by atoms with Crippen LogP contribution in [0.15, 0.2) is 48.6 Å². The highest BCUT2D eigenvalue weighted by Gasteiger charge is 2.20. The Labute approximate surface area is 100 Å². The first-order valence-corrected chi connectivity index (χ1v) is 5.73. The first-order chi connectivity index (χ1) is 8.40. The maximum Gasteiger partial charge on any atom is 0.143 e. The molecule has 3 rings (SSSR count). The molecular weight excluding hydrogens is 212 g/mol. The summed E-state index contributed by atoms with van der Waals surface area (Å²) in [7, 11) is 1.69. The average molecular weight is 226 g/mol. The van der Waals surface area contributed by atoms with E-state index in [1.54, 1.807) is 7.11 Å². The third kappa shape index (κ3) is 1.71. The molecule has 0 saturated heterocycles. The van der Waals surface area contributed by atoms with Gasteiger partial charge in [-0.15, -0.1) is 0 Å². The number of hydrogen-bond acceptors (Lipinski definition) is 2. The number of methoxy groups -OCH3 is 1. The summed E-state index contributed by atoms with van der Waals surface area (Å²) in [5.74, 6) is 0.914. The maximum atomic E-state index is 5.97. The topological polar surface area (TPSA) is 18.5 Å². The van der Waals surface area contributed by atoms with E-state index in [2.05, 4.69) is 30.4 Å².